The van der Waals surface area contributed by atoms with Crippen molar-refractivity contribution >= 4 is 11.2 Å². The summed E-state index contributed by atoms with van der Waals surface area (Å²) in [5.74, 6) is 0. The van der Waals surface area contributed by atoms with Crippen LogP contribution in [0.5, 0.6) is 0 Å². The van der Waals surface area contributed by atoms with Crippen LogP contribution in [0.2, 0.25) is 0 Å². The predicted molar refractivity (Wildman–Crippen MR) is 97.3 cm³/mol. The van der Waals surface area contributed by atoms with E-state index in [0.717, 1.165) is 36.4 Å². The van der Waals surface area contributed by atoms with Crippen LogP contribution in [-0.2, 0) is 6.54 Å². The van der Waals surface area contributed by atoms with Gasteiger partial charge in [0.25, 0.3) is 5.56 Å². The maximum absolute atomic E-state index is 12.7. The van der Waals surface area contributed by atoms with Crippen LogP contribution in [0.25, 0.3) is 16.9 Å². The Labute approximate surface area is 146 Å². The minimum atomic E-state index is -0.132. The molecule has 0 radical (unpaired) electrons. The van der Waals surface area contributed by atoms with Gasteiger partial charge in [-0.3, -0.25) is 9.36 Å². The summed E-state index contributed by atoms with van der Waals surface area (Å²) in [4.78, 5) is 18.6. The van der Waals surface area contributed by atoms with Gasteiger partial charge in [0.2, 0.25) is 0 Å². The lowest BCUT2D eigenvalue weighted by Crippen LogP contribution is -3.11. The van der Waals surface area contributed by atoms with Gasteiger partial charge >= 0.3 is 0 Å². The van der Waals surface area contributed by atoms with Crippen LogP contribution in [0.1, 0.15) is 25.0 Å². The van der Waals surface area contributed by atoms with Gasteiger partial charge in [-0.25, -0.2) is 4.98 Å². The lowest BCUT2D eigenvalue weighted by Gasteiger charge is -2.15. The van der Waals surface area contributed by atoms with E-state index in [2.05, 4.69) is 35.2 Å². The fourth-order valence-corrected chi connectivity index (χ4v) is 3.13. The number of fused-ring (bicyclic) bond motifs is 1. The second-order valence-corrected chi connectivity index (χ2v) is 6.47. The van der Waals surface area contributed by atoms with Gasteiger partial charge in [-0.15, -0.1) is 5.10 Å². The first kappa shape index (κ1) is 17.3. The molecule has 0 aliphatic rings. The van der Waals surface area contributed by atoms with Crippen LogP contribution in [0.3, 0.4) is 0 Å². The Bertz CT molecular complexity index is 918. The summed E-state index contributed by atoms with van der Waals surface area (Å²) in [6.07, 6.45) is 1.61. The van der Waals surface area contributed by atoms with Crippen molar-refractivity contribution in [1.82, 2.24) is 24.5 Å². The van der Waals surface area contributed by atoms with Gasteiger partial charge in [-0.2, -0.15) is 4.68 Å². The minimum absolute atomic E-state index is 0.132. The fourth-order valence-electron chi connectivity index (χ4n) is 3.13. The molecule has 0 saturated carbocycles. The van der Waals surface area contributed by atoms with E-state index in [0.29, 0.717) is 17.7 Å². The molecule has 0 spiro atoms. The van der Waals surface area contributed by atoms with Crippen molar-refractivity contribution in [2.75, 3.05) is 19.6 Å². The number of aryl methyl sites for hydroxylation is 2. The highest BCUT2D eigenvalue weighted by atomic mass is 16.1. The first-order valence-electron chi connectivity index (χ1n) is 8.76. The SMILES string of the molecule is CC[NH+](CC)CCn1cnc2c(nnn2-c2cc(C)cc(C)c2)c1=O. The Morgan fingerprint density at radius 3 is 2.40 bits per heavy atom. The zero-order chi connectivity index (χ0) is 18.0. The summed E-state index contributed by atoms with van der Waals surface area (Å²) in [7, 11) is 0. The van der Waals surface area contributed by atoms with E-state index in [9.17, 15) is 4.79 Å². The molecule has 0 fully saturated rings. The number of rotatable bonds is 6. The number of nitrogens with one attached hydrogen (secondary N) is 1. The van der Waals surface area contributed by atoms with E-state index in [1.807, 2.05) is 26.0 Å². The molecule has 0 unspecified atom stereocenters. The Kier molecular flexibility index (Phi) is 4.94. The highest BCUT2D eigenvalue weighted by Crippen LogP contribution is 2.15. The normalized spacial score (nSPS) is 11.6. The summed E-state index contributed by atoms with van der Waals surface area (Å²) in [5, 5.41) is 8.26. The number of quaternary nitrogens is 1. The lowest BCUT2D eigenvalue weighted by atomic mass is 10.1. The van der Waals surface area contributed by atoms with E-state index < -0.39 is 0 Å². The molecule has 0 bridgehead atoms. The molecule has 0 aliphatic carbocycles. The van der Waals surface area contributed by atoms with E-state index in [-0.39, 0.29) is 5.56 Å². The summed E-state index contributed by atoms with van der Waals surface area (Å²) < 4.78 is 3.27. The molecule has 3 rings (SSSR count). The summed E-state index contributed by atoms with van der Waals surface area (Å²) in [6.45, 7) is 12.0. The van der Waals surface area contributed by atoms with Crippen LogP contribution >= 0.6 is 0 Å². The molecular weight excluding hydrogens is 316 g/mol. The topological polar surface area (TPSA) is 70.0 Å². The van der Waals surface area contributed by atoms with Crippen molar-refractivity contribution in [2.24, 2.45) is 0 Å². The third kappa shape index (κ3) is 3.46. The minimum Gasteiger partial charge on any atom is -0.334 e. The maximum atomic E-state index is 12.7. The molecule has 7 heteroatoms. The Morgan fingerprint density at radius 1 is 1.08 bits per heavy atom. The van der Waals surface area contributed by atoms with E-state index in [1.54, 1.807) is 15.6 Å². The van der Waals surface area contributed by atoms with Crippen LogP contribution in [-0.4, -0.2) is 44.2 Å². The summed E-state index contributed by atoms with van der Waals surface area (Å²) in [5.41, 5.74) is 3.82. The van der Waals surface area contributed by atoms with Gasteiger partial charge in [-0.05, 0) is 51.0 Å². The predicted octanol–water partition coefficient (Wildman–Crippen LogP) is 0.519. The molecule has 3 aromatic rings. The molecule has 25 heavy (non-hydrogen) atoms. The van der Waals surface area contributed by atoms with Gasteiger partial charge in [-0.1, -0.05) is 11.3 Å². The molecule has 1 N–H and O–H groups in total. The molecule has 7 nitrogen and oxygen atoms in total. The molecule has 0 amide bonds. The van der Waals surface area contributed by atoms with Crippen molar-refractivity contribution in [3.63, 3.8) is 0 Å². The van der Waals surface area contributed by atoms with Crippen LogP contribution in [0, 0.1) is 13.8 Å². The second kappa shape index (κ2) is 7.14. The van der Waals surface area contributed by atoms with Crippen molar-refractivity contribution in [3.8, 4) is 5.69 Å². The number of hydrogen-bond donors (Lipinski definition) is 1. The Hall–Kier alpha value is -2.54. The summed E-state index contributed by atoms with van der Waals surface area (Å²) >= 11 is 0. The fraction of sp³-hybridized carbons (Fsp3) is 0.444. The van der Waals surface area contributed by atoms with Crippen LogP contribution in [0.4, 0.5) is 0 Å². The molecule has 1 aromatic carbocycles. The highest BCUT2D eigenvalue weighted by molar-refractivity contribution is 5.70. The Balaban J connectivity index is 1.98. The molecular formula is C18H25N6O+. The van der Waals surface area contributed by atoms with Crippen molar-refractivity contribution in [1.29, 1.82) is 0 Å². The lowest BCUT2D eigenvalue weighted by molar-refractivity contribution is -0.897. The van der Waals surface area contributed by atoms with Gasteiger partial charge in [0.15, 0.2) is 11.2 Å². The third-order valence-corrected chi connectivity index (χ3v) is 4.59. The molecule has 2 aromatic heterocycles. The van der Waals surface area contributed by atoms with E-state index in [4.69, 9.17) is 0 Å². The average molecular weight is 341 g/mol. The van der Waals surface area contributed by atoms with Crippen molar-refractivity contribution in [2.45, 2.75) is 34.2 Å². The highest BCUT2D eigenvalue weighted by Gasteiger charge is 2.14. The van der Waals surface area contributed by atoms with Gasteiger partial charge in [0.1, 0.15) is 6.33 Å². The largest absolute Gasteiger partial charge is 0.334 e. The maximum Gasteiger partial charge on any atom is 0.283 e. The molecule has 132 valence electrons. The zero-order valence-corrected chi connectivity index (χ0v) is 15.3. The first-order chi connectivity index (χ1) is 12.0. The molecule has 0 aliphatic heterocycles. The number of hydrogen-bond acceptors (Lipinski definition) is 4. The van der Waals surface area contributed by atoms with Gasteiger partial charge in [0, 0.05) is 0 Å². The molecule has 0 saturated heterocycles. The van der Waals surface area contributed by atoms with E-state index >= 15 is 0 Å². The quantitative estimate of drug-likeness (QED) is 0.710. The second-order valence-electron chi connectivity index (χ2n) is 6.47. The smallest absolute Gasteiger partial charge is 0.283 e. The van der Waals surface area contributed by atoms with Crippen LogP contribution < -0.4 is 10.5 Å². The van der Waals surface area contributed by atoms with Crippen LogP contribution in [0.15, 0.2) is 29.3 Å². The molecule has 2 heterocycles. The third-order valence-electron chi connectivity index (χ3n) is 4.59. The van der Waals surface area contributed by atoms with Crippen molar-refractivity contribution in [3.05, 3.63) is 46.0 Å². The zero-order valence-electron chi connectivity index (χ0n) is 15.3. The van der Waals surface area contributed by atoms with Gasteiger partial charge in [0.05, 0.1) is 31.9 Å². The number of aromatic nitrogens is 5. The van der Waals surface area contributed by atoms with E-state index in [1.165, 1.54) is 4.90 Å². The van der Waals surface area contributed by atoms with Gasteiger partial charge < -0.3 is 4.90 Å². The number of benzene rings is 1. The molecule has 0 atom stereocenters. The standard InChI is InChI=1S/C18H24N6O/c1-5-22(6-2)7-8-23-12-19-17-16(18(23)25)20-21-24(17)15-10-13(3)9-14(4)11-15/h9-12H,5-8H2,1-4H3/p+1. The number of likely N-dealkylation sites (N-methyl/N-ethyl adjacent to an activating group) is 1. The monoisotopic (exact) mass is 341 g/mol. The van der Waals surface area contributed by atoms with Crippen molar-refractivity contribution < 1.29 is 4.90 Å². The number of nitrogens with zero attached hydrogens (tertiary/aromatic N) is 5. The Morgan fingerprint density at radius 2 is 1.76 bits per heavy atom. The average Bonchev–Trinajstić information content (AvgIpc) is 3.01. The summed E-state index contributed by atoms with van der Waals surface area (Å²) in [6, 6.07) is 6.12. The first-order valence-corrected chi connectivity index (χ1v) is 8.76.